The standard InChI is InChI=1S/C19H32N2/c1-3-5-17-10-13-21(14-11-17)16-19-8-6-18(7-9-19)15-20-12-4-2/h6-9,17,20H,3-5,10-16H2,1-2H3. The van der Waals surface area contributed by atoms with Crippen LogP contribution in [0.1, 0.15) is 57.1 Å². The van der Waals surface area contributed by atoms with Crippen molar-refractivity contribution >= 4 is 0 Å². The lowest BCUT2D eigenvalue weighted by molar-refractivity contribution is 0.172. The third-order valence-corrected chi connectivity index (χ3v) is 4.59. The van der Waals surface area contributed by atoms with Crippen LogP contribution in [0.5, 0.6) is 0 Å². The Morgan fingerprint density at radius 1 is 1.00 bits per heavy atom. The van der Waals surface area contributed by atoms with Crippen LogP contribution in [-0.2, 0) is 13.1 Å². The van der Waals surface area contributed by atoms with Gasteiger partial charge in [-0.15, -0.1) is 0 Å². The van der Waals surface area contributed by atoms with Crippen molar-refractivity contribution in [1.29, 1.82) is 0 Å². The van der Waals surface area contributed by atoms with E-state index in [4.69, 9.17) is 0 Å². The Morgan fingerprint density at radius 3 is 2.29 bits per heavy atom. The van der Waals surface area contributed by atoms with E-state index in [0.29, 0.717) is 0 Å². The molecule has 0 amide bonds. The Hall–Kier alpha value is -0.860. The van der Waals surface area contributed by atoms with Gasteiger partial charge in [-0.25, -0.2) is 0 Å². The first-order valence-corrected chi connectivity index (χ1v) is 8.82. The lowest BCUT2D eigenvalue weighted by atomic mass is 9.92. The van der Waals surface area contributed by atoms with Crippen LogP contribution in [0.15, 0.2) is 24.3 Å². The first-order valence-electron chi connectivity index (χ1n) is 8.82. The Balaban J connectivity index is 1.73. The number of hydrogen-bond donors (Lipinski definition) is 1. The van der Waals surface area contributed by atoms with Gasteiger partial charge in [-0.1, -0.05) is 51.0 Å². The van der Waals surface area contributed by atoms with Crippen molar-refractivity contribution in [3.63, 3.8) is 0 Å². The summed E-state index contributed by atoms with van der Waals surface area (Å²) in [7, 11) is 0. The summed E-state index contributed by atoms with van der Waals surface area (Å²) in [6.07, 6.45) is 6.76. The van der Waals surface area contributed by atoms with E-state index >= 15 is 0 Å². The Morgan fingerprint density at radius 2 is 1.67 bits per heavy atom. The average molecular weight is 288 g/mol. The number of nitrogens with one attached hydrogen (secondary N) is 1. The average Bonchev–Trinajstić information content (AvgIpc) is 2.51. The minimum absolute atomic E-state index is 0.985. The van der Waals surface area contributed by atoms with Gasteiger partial charge in [0.15, 0.2) is 0 Å². The van der Waals surface area contributed by atoms with E-state index in [1.165, 1.54) is 56.3 Å². The second-order valence-corrected chi connectivity index (χ2v) is 6.50. The second kappa shape index (κ2) is 9.22. The molecule has 1 heterocycles. The molecule has 1 N–H and O–H groups in total. The fraction of sp³-hybridized carbons (Fsp3) is 0.684. The van der Waals surface area contributed by atoms with Crippen molar-refractivity contribution in [2.45, 2.75) is 59.0 Å². The minimum atomic E-state index is 0.985. The molecule has 0 radical (unpaired) electrons. The summed E-state index contributed by atoms with van der Waals surface area (Å²) in [5.41, 5.74) is 2.86. The van der Waals surface area contributed by atoms with E-state index in [2.05, 4.69) is 48.3 Å². The molecule has 118 valence electrons. The van der Waals surface area contributed by atoms with Gasteiger partial charge in [0, 0.05) is 13.1 Å². The van der Waals surface area contributed by atoms with Gasteiger partial charge in [0.2, 0.25) is 0 Å². The SMILES string of the molecule is CCCNCc1ccc(CN2CCC(CCC)CC2)cc1. The predicted molar refractivity (Wildman–Crippen MR) is 91.3 cm³/mol. The van der Waals surface area contributed by atoms with Crippen molar-refractivity contribution in [3.05, 3.63) is 35.4 Å². The zero-order valence-electron chi connectivity index (χ0n) is 13.9. The number of piperidine rings is 1. The highest BCUT2D eigenvalue weighted by atomic mass is 15.1. The lowest BCUT2D eigenvalue weighted by Crippen LogP contribution is -2.33. The molecule has 1 fully saturated rings. The van der Waals surface area contributed by atoms with Gasteiger partial charge in [-0.3, -0.25) is 4.90 Å². The summed E-state index contributed by atoms with van der Waals surface area (Å²) < 4.78 is 0. The van der Waals surface area contributed by atoms with E-state index < -0.39 is 0 Å². The maximum atomic E-state index is 3.46. The molecular weight excluding hydrogens is 256 g/mol. The molecule has 1 aromatic carbocycles. The predicted octanol–water partition coefficient (Wildman–Crippen LogP) is 4.20. The van der Waals surface area contributed by atoms with Gasteiger partial charge >= 0.3 is 0 Å². The zero-order valence-corrected chi connectivity index (χ0v) is 13.9. The van der Waals surface area contributed by atoms with Gasteiger partial charge in [0.05, 0.1) is 0 Å². The maximum absolute atomic E-state index is 3.46. The normalized spacial score (nSPS) is 17.2. The maximum Gasteiger partial charge on any atom is 0.0233 e. The van der Waals surface area contributed by atoms with Gasteiger partial charge < -0.3 is 5.32 Å². The molecule has 1 aliphatic rings. The lowest BCUT2D eigenvalue weighted by Gasteiger charge is -2.31. The van der Waals surface area contributed by atoms with Gasteiger partial charge in [-0.2, -0.15) is 0 Å². The number of rotatable bonds is 8. The highest BCUT2D eigenvalue weighted by molar-refractivity contribution is 5.22. The molecular formula is C19H32N2. The first-order chi connectivity index (χ1) is 10.3. The van der Waals surface area contributed by atoms with Crippen LogP contribution in [0.2, 0.25) is 0 Å². The van der Waals surface area contributed by atoms with Crippen LogP contribution in [0.4, 0.5) is 0 Å². The highest BCUT2D eigenvalue weighted by Gasteiger charge is 2.18. The molecule has 1 aliphatic heterocycles. The third kappa shape index (κ3) is 5.80. The number of hydrogen-bond acceptors (Lipinski definition) is 2. The van der Waals surface area contributed by atoms with E-state index in [9.17, 15) is 0 Å². The minimum Gasteiger partial charge on any atom is -0.313 e. The van der Waals surface area contributed by atoms with Crippen molar-refractivity contribution in [2.24, 2.45) is 5.92 Å². The molecule has 2 nitrogen and oxygen atoms in total. The third-order valence-electron chi connectivity index (χ3n) is 4.59. The largest absolute Gasteiger partial charge is 0.313 e. The molecule has 0 bridgehead atoms. The van der Waals surface area contributed by atoms with E-state index in [-0.39, 0.29) is 0 Å². The molecule has 0 atom stereocenters. The molecule has 1 saturated heterocycles. The number of benzene rings is 1. The molecule has 0 saturated carbocycles. The summed E-state index contributed by atoms with van der Waals surface area (Å²) in [6, 6.07) is 9.17. The Kier molecular flexibility index (Phi) is 7.25. The van der Waals surface area contributed by atoms with Crippen molar-refractivity contribution < 1.29 is 0 Å². The van der Waals surface area contributed by atoms with Crippen LogP contribution < -0.4 is 5.32 Å². The molecule has 0 spiro atoms. The van der Waals surface area contributed by atoms with Crippen molar-refractivity contribution in [2.75, 3.05) is 19.6 Å². The molecule has 1 aromatic rings. The summed E-state index contributed by atoms with van der Waals surface area (Å²) in [5, 5.41) is 3.46. The molecule has 0 unspecified atom stereocenters. The van der Waals surface area contributed by atoms with E-state index in [1.807, 2.05) is 0 Å². The van der Waals surface area contributed by atoms with Crippen LogP contribution >= 0.6 is 0 Å². The van der Waals surface area contributed by atoms with Crippen LogP contribution in [-0.4, -0.2) is 24.5 Å². The van der Waals surface area contributed by atoms with Gasteiger partial charge in [0.25, 0.3) is 0 Å². The Bertz CT molecular complexity index is 377. The number of likely N-dealkylation sites (tertiary alicyclic amines) is 1. The highest BCUT2D eigenvalue weighted by Crippen LogP contribution is 2.22. The summed E-state index contributed by atoms with van der Waals surface area (Å²) in [4.78, 5) is 2.62. The van der Waals surface area contributed by atoms with Crippen LogP contribution in [0.25, 0.3) is 0 Å². The van der Waals surface area contributed by atoms with Gasteiger partial charge in [-0.05, 0) is 55.9 Å². The first kappa shape index (κ1) is 16.5. The summed E-state index contributed by atoms with van der Waals surface area (Å²) in [5.74, 6) is 0.985. The topological polar surface area (TPSA) is 15.3 Å². The smallest absolute Gasteiger partial charge is 0.0233 e. The van der Waals surface area contributed by atoms with Crippen molar-refractivity contribution in [3.8, 4) is 0 Å². The molecule has 2 heteroatoms. The van der Waals surface area contributed by atoms with Crippen molar-refractivity contribution in [1.82, 2.24) is 10.2 Å². The fourth-order valence-corrected chi connectivity index (χ4v) is 3.27. The monoisotopic (exact) mass is 288 g/mol. The van der Waals surface area contributed by atoms with E-state index in [1.54, 1.807) is 0 Å². The molecule has 21 heavy (non-hydrogen) atoms. The fourth-order valence-electron chi connectivity index (χ4n) is 3.27. The summed E-state index contributed by atoms with van der Waals surface area (Å²) in [6.45, 7) is 10.3. The zero-order chi connectivity index (χ0) is 14.9. The van der Waals surface area contributed by atoms with Gasteiger partial charge in [0.1, 0.15) is 0 Å². The molecule has 0 aromatic heterocycles. The quantitative estimate of drug-likeness (QED) is 0.721. The Labute approximate surface area is 130 Å². The molecule has 0 aliphatic carbocycles. The van der Waals surface area contributed by atoms with E-state index in [0.717, 1.165) is 25.6 Å². The van der Waals surface area contributed by atoms with Crippen LogP contribution in [0, 0.1) is 5.92 Å². The van der Waals surface area contributed by atoms with Crippen LogP contribution in [0.3, 0.4) is 0 Å². The number of nitrogens with zero attached hydrogens (tertiary/aromatic N) is 1. The second-order valence-electron chi connectivity index (χ2n) is 6.50. The summed E-state index contributed by atoms with van der Waals surface area (Å²) >= 11 is 0. The molecule has 2 rings (SSSR count).